The second kappa shape index (κ2) is 7.69. The molecule has 0 radical (unpaired) electrons. The number of aliphatic imine (C=N–C) groups is 1. The van der Waals surface area contributed by atoms with Crippen molar-refractivity contribution in [2.45, 2.75) is 24.6 Å². The molecule has 0 saturated carbocycles. The molecule has 3 aromatic rings. The lowest BCUT2D eigenvalue weighted by atomic mass is 9.85. The first-order chi connectivity index (χ1) is 13.7. The van der Waals surface area contributed by atoms with Crippen LogP contribution in [-0.2, 0) is 15.1 Å². The summed E-state index contributed by atoms with van der Waals surface area (Å²) in [4.78, 5) is 17.6. The number of hydrogen-bond donors (Lipinski definition) is 1. The van der Waals surface area contributed by atoms with Gasteiger partial charge in [0.2, 0.25) is 0 Å². The third kappa shape index (κ3) is 3.41. The molecule has 4 heteroatoms. The van der Waals surface area contributed by atoms with Crippen LogP contribution < -0.4 is 5.32 Å². The Bertz CT molecular complexity index is 918. The van der Waals surface area contributed by atoms with Gasteiger partial charge in [0, 0.05) is 0 Å². The average Bonchev–Trinajstić information content (AvgIpc) is 3.17. The van der Waals surface area contributed by atoms with E-state index in [1.807, 2.05) is 97.9 Å². The van der Waals surface area contributed by atoms with E-state index in [0.717, 1.165) is 16.7 Å². The number of esters is 1. The molecule has 0 spiro atoms. The molecule has 0 fully saturated rings. The van der Waals surface area contributed by atoms with Crippen molar-refractivity contribution in [2.24, 2.45) is 4.99 Å². The molecule has 3 aromatic carbocycles. The summed E-state index contributed by atoms with van der Waals surface area (Å²) in [6.07, 6.45) is 1.12. The van der Waals surface area contributed by atoms with Crippen LogP contribution in [0.4, 0.5) is 0 Å². The first-order valence-corrected chi connectivity index (χ1v) is 9.34. The first-order valence-electron chi connectivity index (χ1n) is 9.34. The maximum atomic E-state index is 13.2. The highest BCUT2D eigenvalue weighted by atomic mass is 16.5. The molecule has 1 heterocycles. The molecule has 0 bridgehead atoms. The van der Waals surface area contributed by atoms with E-state index in [1.165, 1.54) is 0 Å². The molecule has 140 valence electrons. The van der Waals surface area contributed by atoms with Gasteiger partial charge in [-0.1, -0.05) is 91.0 Å². The van der Waals surface area contributed by atoms with Crippen LogP contribution in [0.1, 0.15) is 29.7 Å². The molecule has 0 aromatic heterocycles. The quantitative estimate of drug-likeness (QED) is 0.684. The summed E-state index contributed by atoms with van der Waals surface area (Å²) in [6.45, 7) is 1.97. The van der Waals surface area contributed by atoms with Gasteiger partial charge in [-0.15, -0.1) is 0 Å². The fourth-order valence-corrected chi connectivity index (χ4v) is 3.56. The van der Waals surface area contributed by atoms with Crippen molar-refractivity contribution in [3.8, 4) is 0 Å². The largest absolute Gasteiger partial charge is 0.451 e. The van der Waals surface area contributed by atoms with E-state index in [4.69, 9.17) is 4.74 Å². The van der Waals surface area contributed by atoms with Gasteiger partial charge < -0.3 is 10.1 Å². The lowest BCUT2D eigenvalue weighted by Gasteiger charge is -2.31. The van der Waals surface area contributed by atoms with Crippen LogP contribution in [0, 0.1) is 0 Å². The molecular weight excluding hydrogens is 348 g/mol. The highest BCUT2D eigenvalue weighted by molar-refractivity contribution is 5.83. The monoisotopic (exact) mass is 370 g/mol. The Labute approximate surface area is 164 Å². The van der Waals surface area contributed by atoms with Gasteiger partial charge in [0.1, 0.15) is 0 Å². The highest BCUT2D eigenvalue weighted by Crippen LogP contribution is 2.33. The van der Waals surface area contributed by atoms with Crippen LogP contribution >= 0.6 is 0 Å². The first kappa shape index (κ1) is 18.0. The second-order valence-electron chi connectivity index (χ2n) is 7.03. The van der Waals surface area contributed by atoms with E-state index in [1.54, 1.807) is 6.34 Å². The fourth-order valence-electron chi connectivity index (χ4n) is 3.56. The molecule has 0 amide bonds. The molecule has 0 aliphatic carbocycles. The van der Waals surface area contributed by atoms with Gasteiger partial charge in [0.15, 0.2) is 12.1 Å². The number of ether oxygens (including phenoxy) is 1. The minimum atomic E-state index is -0.662. The van der Waals surface area contributed by atoms with Crippen molar-refractivity contribution >= 4 is 12.3 Å². The van der Waals surface area contributed by atoms with Gasteiger partial charge in [-0.25, -0.2) is 4.79 Å². The highest BCUT2D eigenvalue weighted by Gasteiger charge is 2.44. The summed E-state index contributed by atoms with van der Waals surface area (Å²) in [5, 5.41) is 3.24. The van der Waals surface area contributed by atoms with Crippen molar-refractivity contribution in [2.75, 3.05) is 0 Å². The predicted molar refractivity (Wildman–Crippen MR) is 110 cm³/mol. The minimum absolute atomic E-state index is 0.356. The Kier molecular flexibility index (Phi) is 4.94. The molecule has 1 aliphatic rings. The average molecular weight is 370 g/mol. The van der Waals surface area contributed by atoms with Crippen LogP contribution in [-0.4, -0.2) is 18.3 Å². The molecule has 28 heavy (non-hydrogen) atoms. The normalized spacial score (nSPS) is 20.7. The Morgan fingerprint density at radius 3 is 1.93 bits per heavy atom. The maximum Gasteiger partial charge on any atom is 0.334 e. The Morgan fingerprint density at radius 1 is 0.893 bits per heavy atom. The van der Waals surface area contributed by atoms with Crippen molar-refractivity contribution in [3.63, 3.8) is 0 Å². The number of benzene rings is 3. The van der Waals surface area contributed by atoms with Crippen molar-refractivity contribution in [1.82, 2.24) is 5.32 Å². The zero-order valence-electron chi connectivity index (χ0n) is 15.7. The third-order valence-electron chi connectivity index (χ3n) is 5.17. The zero-order chi connectivity index (χ0) is 19.4. The van der Waals surface area contributed by atoms with Gasteiger partial charge in [-0.05, 0) is 23.6 Å². The fraction of sp³-hybridized carbons (Fsp3) is 0.167. The zero-order valence-corrected chi connectivity index (χ0v) is 15.7. The Balaban J connectivity index is 1.64. The Hall–Kier alpha value is -3.40. The number of carbonyl (C=O) groups is 1. The van der Waals surface area contributed by atoms with Gasteiger partial charge in [0.25, 0.3) is 0 Å². The number of hydrogen-bond acceptors (Lipinski definition) is 4. The van der Waals surface area contributed by atoms with Crippen LogP contribution in [0.2, 0.25) is 0 Å². The molecule has 0 unspecified atom stereocenters. The van der Waals surface area contributed by atoms with E-state index in [-0.39, 0.29) is 5.97 Å². The van der Waals surface area contributed by atoms with Gasteiger partial charge in [-0.3, -0.25) is 4.99 Å². The van der Waals surface area contributed by atoms with E-state index in [9.17, 15) is 4.79 Å². The minimum Gasteiger partial charge on any atom is -0.451 e. The van der Waals surface area contributed by atoms with Crippen molar-refractivity contribution in [1.29, 1.82) is 0 Å². The molecular formula is C24H22N2O2. The lowest BCUT2D eigenvalue weighted by Crippen LogP contribution is -2.47. The number of nitrogens with zero attached hydrogens (tertiary/aromatic N) is 1. The molecule has 4 rings (SSSR count). The predicted octanol–water partition coefficient (Wildman–Crippen LogP) is 4.23. The number of rotatable bonds is 5. The SMILES string of the molecule is C[C@@]1(c2ccccc2)NC=N[C@H]1C(=O)OC(c1ccccc1)c1ccccc1. The molecule has 4 nitrogen and oxygen atoms in total. The standard InChI is InChI=1S/C24H22N2O2/c1-24(20-15-9-4-10-16-20)22(25-17-26-24)23(27)28-21(18-11-5-2-6-12-18)19-13-7-3-8-14-19/h2-17,21-22H,1H3,(H,25,26)/t22-,24-/m0/s1. The second-order valence-corrected chi connectivity index (χ2v) is 7.03. The topological polar surface area (TPSA) is 50.7 Å². The van der Waals surface area contributed by atoms with E-state index >= 15 is 0 Å². The van der Waals surface area contributed by atoms with Gasteiger partial charge >= 0.3 is 5.97 Å². The molecule has 1 aliphatic heterocycles. The van der Waals surface area contributed by atoms with Crippen molar-refractivity contribution in [3.05, 3.63) is 108 Å². The van der Waals surface area contributed by atoms with Gasteiger partial charge in [-0.2, -0.15) is 0 Å². The van der Waals surface area contributed by atoms with Gasteiger partial charge in [0.05, 0.1) is 11.9 Å². The molecule has 2 atom stereocenters. The van der Waals surface area contributed by atoms with Crippen LogP contribution in [0.3, 0.4) is 0 Å². The van der Waals surface area contributed by atoms with Crippen LogP contribution in [0.15, 0.2) is 96.0 Å². The summed E-state index contributed by atoms with van der Waals surface area (Å²) in [7, 11) is 0. The number of nitrogens with one attached hydrogen (secondary N) is 1. The van der Waals surface area contributed by atoms with Crippen LogP contribution in [0.25, 0.3) is 0 Å². The third-order valence-corrected chi connectivity index (χ3v) is 5.17. The van der Waals surface area contributed by atoms with E-state index in [2.05, 4.69) is 10.3 Å². The lowest BCUT2D eigenvalue weighted by molar-refractivity contribution is -0.150. The maximum absolute atomic E-state index is 13.2. The smallest absolute Gasteiger partial charge is 0.334 e. The summed E-state index contributed by atoms with van der Waals surface area (Å²) >= 11 is 0. The molecule has 0 saturated heterocycles. The number of carbonyl (C=O) groups excluding carboxylic acids is 1. The summed E-state index contributed by atoms with van der Waals surface area (Å²) in [5.74, 6) is -0.356. The Morgan fingerprint density at radius 2 is 1.39 bits per heavy atom. The summed E-state index contributed by atoms with van der Waals surface area (Å²) in [6, 6.07) is 28.8. The van der Waals surface area contributed by atoms with E-state index in [0.29, 0.717) is 0 Å². The van der Waals surface area contributed by atoms with Crippen molar-refractivity contribution < 1.29 is 9.53 Å². The molecule has 1 N–H and O–H groups in total. The van der Waals surface area contributed by atoms with Crippen LogP contribution in [0.5, 0.6) is 0 Å². The summed E-state index contributed by atoms with van der Waals surface area (Å²) < 4.78 is 6.03. The summed E-state index contributed by atoms with van der Waals surface area (Å²) in [5.41, 5.74) is 2.21. The van der Waals surface area contributed by atoms with E-state index < -0.39 is 17.7 Å².